The summed E-state index contributed by atoms with van der Waals surface area (Å²) in [6.45, 7) is 3.59. The molecule has 4 nitrogen and oxygen atoms in total. The molecule has 1 aromatic rings. The van der Waals surface area contributed by atoms with E-state index in [1.807, 2.05) is 13.0 Å². The van der Waals surface area contributed by atoms with E-state index in [4.69, 9.17) is 5.26 Å². The van der Waals surface area contributed by atoms with Crippen LogP contribution in [0.4, 0.5) is 0 Å². The number of hydrogen-bond acceptors (Lipinski definition) is 5. The van der Waals surface area contributed by atoms with Gasteiger partial charge in [-0.1, -0.05) is 18.7 Å². The van der Waals surface area contributed by atoms with Crippen molar-refractivity contribution in [2.45, 2.75) is 30.2 Å². The fourth-order valence-electron chi connectivity index (χ4n) is 0.763. The molecule has 0 spiro atoms. The highest BCUT2D eigenvalue weighted by Crippen LogP contribution is 2.24. The molecule has 5 heteroatoms. The number of rotatable bonds is 3. The highest BCUT2D eigenvalue weighted by atomic mass is 32.2. The van der Waals surface area contributed by atoms with Crippen LogP contribution in [0.3, 0.4) is 0 Å². The second-order valence-corrected chi connectivity index (χ2v) is 4.25. The lowest BCUT2D eigenvalue weighted by atomic mass is 10.3. The van der Waals surface area contributed by atoms with Crippen molar-refractivity contribution in [3.8, 4) is 6.07 Å². The van der Waals surface area contributed by atoms with Gasteiger partial charge in [-0.15, -0.1) is 0 Å². The summed E-state index contributed by atoms with van der Waals surface area (Å²) in [5.41, 5.74) is 0.310. The van der Waals surface area contributed by atoms with Crippen molar-refractivity contribution in [1.29, 1.82) is 5.26 Å². The Labute approximate surface area is 87.0 Å². The van der Waals surface area contributed by atoms with Crippen LogP contribution in [-0.4, -0.2) is 26.4 Å². The SMILES string of the molecule is CC(O)C(C)Sc1nccnc1C#N. The van der Waals surface area contributed by atoms with Gasteiger partial charge in [0.05, 0.1) is 6.10 Å². The third-order valence-electron chi connectivity index (χ3n) is 1.75. The lowest BCUT2D eigenvalue weighted by Crippen LogP contribution is -2.15. The Morgan fingerprint density at radius 2 is 2.07 bits per heavy atom. The van der Waals surface area contributed by atoms with Crippen molar-refractivity contribution in [3.63, 3.8) is 0 Å². The zero-order valence-corrected chi connectivity index (χ0v) is 8.82. The highest BCUT2D eigenvalue weighted by molar-refractivity contribution is 7.99. The first-order valence-corrected chi connectivity index (χ1v) is 5.09. The quantitative estimate of drug-likeness (QED) is 0.758. The van der Waals surface area contributed by atoms with Gasteiger partial charge in [0.1, 0.15) is 11.1 Å². The zero-order chi connectivity index (χ0) is 10.6. The van der Waals surface area contributed by atoms with E-state index in [2.05, 4.69) is 9.97 Å². The molecule has 0 amide bonds. The van der Waals surface area contributed by atoms with Crippen molar-refractivity contribution < 1.29 is 5.11 Å². The van der Waals surface area contributed by atoms with Gasteiger partial charge < -0.3 is 5.11 Å². The number of aliphatic hydroxyl groups is 1. The van der Waals surface area contributed by atoms with Gasteiger partial charge >= 0.3 is 0 Å². The van der Waals surface area contributed by atoms with E-state index in [1.165, 1.54) is 24.2 Å². The average molecular weight is 209 g/mol. The van der Waals surface area contributed by atoms with Gasteiger partial charge in [0.25, 0.3) is 0 Å². The van der Waals surface area contributed by atoms with E-state index in [1.54, 1.807) is 6.92 Å². The van der Waals surface area contributed by atoms with E-state index in [9.17, 15) is 5.11 Å². The normalized spacial score (nSPS) is 14.4. The largest absolute Gasteiger partial charge is 0.392 e. The summed E-state index contributed by atoms with van der Waals surface area (Å²) in [6, 6.07) is 1.96. The van der Waals surface area contributed by atoms with E-state index in [0.29, 0.717) is 10.7 Å². The molecule has 74 valence electrons. The summed E-state index contributed by atoms with van der Waals surface area (Å²) in [5.74, 6) is 0. The Morgan fingerprint density at radius 1 is 1.43 bits per heavy atom. The van der Waals surface area contributed by atoms with Crippen LogP contribution < -0.4 is 0 Å². The number of nitrogens with zero attached hydrogens (tertiary/aromatic N) is 3. The molecule has 0 aliphatic heterocycles. The molecule has 14 heavy (non-hydrogen) atoms. The number of hydrogen-bond donors (Lipinski definition) is 1. The Morgan fingerprint density at radius 3 is 2.64 bits per heavy atom. The fourth-order valence-corrected chi connectivity index (χ4v) is 1.64. The van der Waals surface area contributed by atoms with Crippen molar-refractivity contribution >= 4 is 11.8 Å². The van der Waals surface area contributed by atoms with Crippen molar-refractivity contribution in [2.24, 2.45) is 0 Å². The van der Waals surface area contributed by atoms with Crippen LogP contribution in [0.25, 0.3) is 0 Å². The van der Waals surface area contributed by atoms with E-state index in [-0.39, 0.29) is 5.25 Å². The molecular formula is C9H11N3OS. The molecule has 0 aliphatic rings. The average Bonchev–Trinajstić information content (AvgIpc) is 2.18. The summed E-state index contributed by atoms with van der Waals surface area (Å²) in [7, 11) is 0. The Kier molecular flexibility index (Phi) is 3.86. The minimum Gasteiger partial charge on any atom is -0.392 e. The standard InChI is InChI=1S/C9H11N3OS/c1-6(13)7(2)14-9-8(5-10)11-3-4-12-9/h3-4,6-7,13H,1-2H3. The highest BCUT2D eigenvalue weighted by Gasteiger charge is 2.14. The second kappa shape index (κ2) is 4.94. The lowest BCUT2D eigenvalue weighted by molar-refractivity contribution is 0.196. The molecule has 0 saturated carbocycles. The molecule has 1 rings (SSSR count). The van der Waals surface area contributed by atoms with Crippen molar-refractivity contribution in [2.75, 3.05) is 0 Å². The van der Waals surface area contributed by atoms with Gasteiger partial charge in [-0.25, -0.2) is 9.97 Å². The van der Waals surface area contributed by atoms with Gasteiger partial charge in [0.2, 0.25) is 0 Å². The van der Waals surface area contributed by atoms with E-state index < -0.39 is 6.10 Å². The van der Waals surface area contributed by atoms with Crippen molar-refractivity contribution in [3.05, 3.63) is 18.1 Å². The van der Waals surface area contributed by atoms with Crippen molar-refractivity contribution in [1.82, 2.24) is 9.97 Å². The first-order valence-electron chi connectivity index (χ1n) is 4.21. The summed E-state index contributed by atoms with van der Waals surface area (Å²) in [6.07, 6.45) is 2.58. The molecular weight excluding hydrogens is 198 g/mol. The predicted octanol–water partition coefficient (Wildman–Crippen LogP) is 1.21. The molecule has 0 radical (unpaired) electrons. The third kappa shape index (κ3) is 2.69. The zero-order valence-electron chi connectivity index (χ0n) is 8.01. The number of nitriles is 1. The molecule has 0 aromatic carbocycles. The summed E-state index contributed by atoms with van der Waals surface area (Å²) in [4.78, 5) is 7.92. The monoisotopic (exact) mass is 209 g/mol. The summed E-state index contributed by atoms with van der Waals surface area (Å²) < 4.78 is 0. The number of aliphatic hydroxyl groups excluding tert-OH is 1. The molecule has 0 fully saturated rings. The van der Waals surface area contributed by atoms with Crippen LogP contribution in [0.5, 0.6) is 0 Å². The lowest BCUT2D eigenvalue weighted by Gasteiger charge is -2.13. The number of thioether (sulfide) groups is 1. The summed E-state index contributed by atoms with van der Waals surface area (Å²) >= 11 is 1.36. The molecule has 1 N–H and O–H groups in total. The van der Waals surface area contributed by atoms with Gasteiger partial charge in [0, 0.05) is 17.6 Å². The van der Waals surface area contributed by atoms with Crippen LogP contribution in [-0.2, 0) is 0 Å². The minimum absolute atomic E-state index is 0.00111. The Balaban J connectivity index is 2.82. The maximum atomic E-state index is 9.29. The first kappa shape index (κ1) is 11.0. The predicted molar refractivity (Wildman–Crippen MR) is 53.7 cm³/mol. The van der Waals surface area contributed by atoms with E-state index >= 15 is 0 Å². The topological polar surface area (TPSA) is 69.8 Å². The Bertz CT molecular complexity index is 348. The molecule has 1 heterocycles. The van der Waals surface area contributed by atoms with Gasteiger partial charge in [-0.3, -0.25) is 0 Å². The van der Waals surface area contributed by atoms with Gasteiger partial charge in [-0.2, -0.15) is 5.26 Å². The molecule has 0 bridgehead atoms. The second-order valence-electron chi connectivity index (χ2n) is 2.89. The fraction of sp³-hybridized carbons (Fsp3) is 0.444. The van der Waals surface area contributed by atoms with Crippen LogP contribution in [0.15, 0.2) is 17.4 Å². The smallest absolute Gasteiger partial charge is 0.172 e. The number of aromatic nitrogens is 2. The van der Waals surface area contributed by atoms with E-state index in [0.717, 1.165) is 0 Å². The van der Waals surface area contributed by atoms with Crippen LogP contribution in [0, 0.1) is 11.3 Å². The van der Waals surface area contributed by atoms with Gasteiger partial charge in [-0.05, 0) is 6.92 Å². The molecule has 0 saturated heterocycles. The molecule has 2 atom stereocenters. The maximum Gasteiger partial charge on any atom is 0.172 e. The van der Waals surface area contributed by atoms with Crippen LogP contribution in [0.1, 0.15) is 19.5 Å². The molecule has 2 unspecified atom stereocenters. The maximum absolute atomic E-state index is 9.29. The third-order valence-corrected chi connectivity index (χ3v) is 3.04. The summed E-state index contributed by atoms with van der Waals surface area (Å²) in [5, 5.41) is 18.6. The van der Waals surface area contributed by atoms with Gasteiger partial charge in [0.15, 0.2) is 5.69 Å². The molecule has 0 aliphatic carbocycles. The minimum atomic E-state index is -0.437. The van der Waals surface area contributed by atoms with Crippen LogP contribution in [0.2, 0.25) is 0 Å². The molecule has 1 aromatic heterocycles. The Hall–Kier alpha value is -1.12. The first-order chi connectivity index (χ1) is 6.65. The van der Waals surface area contributed by atoms with Crippen LogP contribution >= 0.6 is 11.8 Å².